The van der Waals surface area contributed by atoms with Crippen LogP contribution in [0.1, 0.15) is 50.1 Å². The zero-order chi connectivity index (χ0) is 63.3. The second-order valence-electron chi connectivity index (χ2n) is 25.1. The van der Waals surface area contributed by atoms with Crippen LogP contribution in [0, 0.1) is 55.4 Å². The molecule has 0 atom stereocenters. The van der Waals surface area contributed by atoms with E-state index in [0.29, 0.717) is 39.9 Å². The van der Waals surface area contributed by atoms with Crippen molar-refractivity contribution in [1.82, 2.24) is 24.1 Å². The highest BCUT2D eigenvalue weighted by Crippen LogP contribution is 2.46. The second-order valence-corrected chi connectivity index (χ2v) is 25.1. The van der Waals surface area contributed by atoms with E-state index in [-0.39, 0.29) is 0 Å². The first kappa shape index (κ1) is 57.5. The SMILES string of the molecule is Cc1cc(C)cc(-c2ccc3c(c2)c2cc(-c4cc(C)cc(C)c4)ccc2n3-c2ccc(-c3nc(-c4ccccc4)nc(-c4ccccc4)n3)c(-c3cc(C(F)(F)F)ccc3-n3c4ccc(-c5cc(C)cc(C)c5)cc4c4cc(-c5cc(C)cc(C)c5)ccc43)c2)c1. The minimum atomic E-state index is -4.71. The highest BCUT2D eigenvalue weighted by atomic mass is 19.4. The molecular formula is C84H64F3N5. The number of halogens is 3. The Morgan fingerprint density at radius 3 is 0.967 bits per heavy atom. The van der Waals surface area contributed by atoms with Gasteiger partial charge < -0.3 is 9.13 Å². The molecule has 3 aromatic heterocycles. The molecule has 446 valence electrons. The van der Waals surface area contributed by atoms with Crippen LogP contribution >= 0.6 is 0 Å². The smallest absolute Gasteiger partial charge is 0.309 e. The van der Waals surface area contributed by atoms with Gasteiger partial charge in [-0.3, -0.25) is 0 Å². The Morgan fingerprint density at radius 2 is 0.609 bits per heavy atom. The third-order valence-corrected chi connectivity index (χ3v) is 17.8. The summed E-state index contributed by atoms with van der Waals surface area (Å²) < 4.78 is 52.1. The maximum absolute atomic E-state index is 15.9. The van der Waals surface area contributed by atoms with Gasteiger partial charge >= 0.3 is 6.18 Å². The molecule has 0 amide bonds. The van der Waals surface area contributed by atoms with Gasteiger partial charge in [-0.25, -0.2) is 15.0 Å². The molecule has 0 aliphatic heterocycles. The molecule has 15 aromatic rings. The average Bonchev–Trinajstić information content (AvgIpc) is 1.54. The van der Waals surface area contributed by atoms with Crippen LogP contribution in [0.25, 0.3) is 145 Å². The van der Waals surface area contributed by atoms with Gasteiger partial charge in [0, 0.05) is 49.5 Å². The summed E-state index contributed by atoms with van der Waals surface area (Å²) in [5.41, 5.74) is 24.9. The quantitative estimate of drug-likeness (QED) is 0.137. The molecule has 0 aliphatic carbocycles. The fourth-order valence-electron chi connectivity index (χ4n) is 14.0. The lowest BCUT2D eigenvalue weighted by Gasteiger charge is -2.20. The van der Waals surface area contributed by atoms with Crippen molar-refractivity contribution >= 4 is 43.6 Å². The van der Waals surface area contributed by atoms with Gasteiger partial charge in [-0.05, 0) is 190 Å². The molecule has 15 rings (SSSR count). The normalized spacial score (nSPS) is 11.9. The largest absolute Gasteiger partial charge is 0.416 e. The summed E-state index contributed by atoms with van der Waals surface area (Å²) in [6.07, 6.45) is -4.71. The summed E-state index contributed by atoms with van der Waals surface area (Å²) in [5.74, 6) is 1.16. The van der Waals surface area contributed by atoms with E-state index in [1.807, 2.05) is 72.8 Å². The first-order valence-corrected chi connectivity index (χ1v) is 31.2. The van der Waals surface area contributed by atoms with Crippen LogP contribution in [0.3, 0.4) is 0 Å². The number of alkyl halides is 3. The van der Waals surface area contributed by atoms with Crippen molar-refractivity contribution in [3.63, 3.8) is 0 Å². The third kappa shape index (κ3) is 10.6. The summed E-state index contributed by atoms with van der Waals surface area (Å²) >= 11 is 0. The van der Waals surface area contributed by atoms with E-state index in [9.17, 15) is 0 Å². The molecule has 0 radical (unpaired) electrons. The lowest BCUT2D eigenvalue weighted by Crippen LogP contribution is -2.08. The zero-order valence-electron chi connectivity index (χ0n) is 52.5. The maximum Gasteiger partial charge on any atom is 0.416 e. The number of rotatable bonds is 10. The molecule has 5 nitrogen and oxygen atoms in total. The monoisotopic (exact) mass is 1200 g/mol. The standard InChI is InChI=1S/C84H64F3N5/c1-49-31-50(2)36-63(35-49)59-19-26-76-71(43-59)72-44-60(64-37-51(3)32-52(4)38-64)20-27-77(72)91(76)68-24-25-69(83-89-81(57-15-11-9-12-16-57)88-82(90-83)58-17-13-10-14-18-58)70(48-68)75-47-67(84(85,86)87)23-30-80(75)92-78-28-21-61(65-39-53(5)33-54(6)40-65)45-73(78)74-46-62(22-29-79(74)92)66-41-55(7)34-56(8)42-66/h9-48H,1-8H3. The summed E-state index contributed by atoms with van der Waals surface area (Å²) in [5, 5.41) is 4.00. The predicted octanol–water partition coefficient (Wildman–Crippen LogP) is 22.9. The number of aromatic nitrogens is 5. The summed E-state index contributed by atoms with van der Waals surface area (Å²) in [6.45, 7) is 17.0. The van der Waals surface area contributed by atoms with E-state index in [2.05, 4.69) is 216 Å². The summed E-state index contributed by atoms with van der Waals surface area (Å²) in [6, 6.07) is 82.5. The van der Waals surface area contributed by atoms with Crippen LogP contribution in [-0.2, 0) is 6.18 Å². The van der Waals surface area contributed by atoms with Crippen molar-refractivity contribution in [2.45, 2.75) is 61.6 Å². The fraction of sp³-hybridized carbons (Fsp3) is 0.107. The predicted molar refractivity (Wildman–Crippen MR) is 375 cm³/mol. The van der Waals surface area contributed by atoms with Gasteiger partial charge in [-0.15, -0.1) is 0 Å². The number of hydrogen-bond acceptors (Lipinski definition) is 3. The number of nitrogens with zero attached hydrogens (tertiary/aromatic N) is 5. The summed E-state index contributed by atoms with van der Waals surface area (Å²) in [7, 11) is 0. The Kier molecular flexibility index (Phi) is 14.1. The number of fused-ring (bicyclic) bond motifs is 6. The van der Waals surface area contributed by atoms with Crippen molar-refractivity contribution in [2.24, 2.45) is 0 Å². The fourth-order valence-corrected chi connectivity index (χ4v) is 14.0. The van der Waals surface area contributed by atoms with Crippen LogP contribution in [0.2, 0.25) is 0 Å². The molecule has 0 fully saturated rings. The van der Waals surface area contributed by atoms with Crippen LogP contribution in [0.15, 0.2) is 243 Å². The van der Waals surface area contributed by atoms with E-state index in [4.69, 9.17) is 15.0 Å². The van der Waals surface area contributed by atoms with E-state index < -0.39 is 11.7 Å². The van der Waals surface area contributed by atoms with Crippen LogP contribution in [0.4, 0.5) is 13.2 Å². The molecular weight excluding hydrogens is 1140 g/mol. The molecule has 0 bridgehead atoms. The molecule has 3 heterocycles. The molecule has 12 aromatic carbocycles. The number of hydrogen-bond donors (Lipinski definition) is 0. The van der Waals surface area contributed by atoms with Crippen molar-refractivity contribution in [1.29, 1.82) is 0 Å². The highest BCUT2D eigenvalue weighted by molar-refractivity contribution is 6.14. The Labute approximate surface area is 533 Å². The Balaban J connectivity index is 1.05. The van der Waals surface area contributed by atoms with Crippen LogP contribution in [-0.4, -0.2) is 24.1 Å². The molecule has 8 heteroatoms. The van der Waals surface area contributed by atoms with Gasteiger partial charge in [0.05, 0.1) is 33.3 Å². The van der Waals surface area contributed by atoms with E-state index in [1.54, 1.807) is 6.07 Å². The van der Waals surface area contributed by atoms with Gasteiger partial charge in [0.25, 0.3) is 0 Å². The van der Waals surface area contributed by atoms with Crippen molar-refractivity contribution in [2.75, 3.05) is 0 Å². The Hall–Kier alpha value is -11.0. The highest BCUT2D eigenvalue weighted by Gasteiger charge is 2.33. The van der Waals surface area contributed by atoms with E-state index >= 15 is 13.2 Å². The Morgan fingerprint density at radius 1 is 0.261 bits per heavy atom. The minimum absolute atomic E-state index is 0.305. The van der Waals surface area contributed by atoms with Crippen molar-refractivity contribution < 1.29 is 13.2 Å². The first-order valence-electron chi connectivity index (χ1n) is 31.2. The van der Waals surface area contributed by atoms with E-state index in [0.717, 1.165) is 127 Å². The molecule has 0 N–H and O–H groups in total. The molecule has 0 saturated carbocycles. The topological polar surface area (TPSA) is 48.5 Å². The molecule has 0 spiro atoms. The second kappa shape index (κ2) is 22.5. The van der Waals surface area contributed by atoms with Crippen LogP contribution < -0.4 is 0 Å². The van der Waals surface area contributed by atoms with Gasteiger partial charge in [-0.2, -0.15) is 13.2 Å². The maximum atomic E-state index is 15.9. The number of aryl methyl sites for hydroxylation is 8. The molecule has 0 unspecified atom stereocenters. The van der Waals surface area contributed by atoms with Crippen molar-refractivity contribution in [3.05, 3.63) is 293 Å². The lowest BCUT2D eigenvalue weighted by atomic mass is 9.94. The third-order valence-electron chi connectivity index (χ3n) is 17.8. The van der Waals surface area contributed by atoms with Gasteiger partial charge in [0.2, 0.25) is 0 Å². The Bertz CT molecular complexity index is 5120. The van der Waals surface area contributed by atoms with Crippen molar-refractivity contribution in [3.8, 4) is 101 Å². The summed E-state index contributed by atoms with van der Waals surface area (Å²) in [4.78, 5) is 15.6. The molecule has 92 heavy (non-hydrogen) atoms. The lowest BCUT2D eigenvalue weighted by molar-refractivity contribution is -0.137. The molecule has 0 saturated heterocycles. The zero-order valence-corrected chi connectivity index (χ0v) is 52.5. The minimum Gasteiger partial charge on any atom is -0.309 e. The average molecular weight is 1200 g/mol. The van der Waals surface area contributed by atoms with E-state index in [1.165, 1.54) is 34.4 Å². The van der Waals surface area contributed by atoms with Gasteiger partial charge in [0.15, 0.2) is 17.5 Å². The van der Waals surface area contributed by atoms with Crippen LogP contribution in [0.5, 0.6) is 0 Å². The van der Waals surface area contributed by atoms with Gasteiger partial charge in [-0.1, -0.05) is 202 Å². The number of benzene rings is 12. The van der Waals surface area contributed by atoms with Gasteiger partial charge in [0.1, 0.15) is 0 Å². The molecule has 0 aliphatic rings. The first-order chi connectivity index (χ1) is 44.4.